The van der Waals surface area contributed by atoms with Crippen molar-refractivity contribution in [2.75, 3.05) is 5.32 Å². The molecular formula is C22H19N3O6. The zero-order valence-electron chi connectivity index (χ0n) is 16.6. The average molecular weight is 421 g/mol. The fourth-order valence-electron chi connectivity index (χ4n) is 3.71. The molecular weight excluding hydrogens is 402 g/mol. The SMILES string of the molecule is CC(=O)Nc1cccc(COc2cccc3c2C(=O)N(C2CCC(=O)NC2=O)C3=O)c1. The Hall–Kier alpha value is -4.01. The van der Waals surface area contributed by atoms with Crippen molar-refractivity contribution >= 4 is 35.2 Å². The number of nitrogens with zero attached hydrogens (tertiary/aromatic N) is 1. The van der Waals surface area contributed by atoms with Crippen LogP contribution in [0.15, 0.2) is 42.5 Å². The molecule has 2 aromatic carbocycles. The van der Waals surface area contributed by atoms with Crippen molar-refractivity contribution in [3.63, 3.8) is 0 Å². The van der Waals surface area contributed by atoms with Crippen molar-refractivity contribution < 1.29 is 28.7 Å². The molecule has 1 unspecified atom stereocenters. The molecule has 2 aliphatic heterocycles. The summed E-state index contributed by atoms with van der Waals surface area (Å²) in [6.45, 7) is 1.51. The highest BCUT2D eigenvalue weighted by atomic mass is 16.5. The lowest BCUT2D eigenvalue weighted by Crippen LogP contribution is -2.54. The summed E-state index contributed by atoms with van der Waals surface area (Å²) in [7, 11) is 0. The van der Waals surface area contributed by atoms with Crippen LogP contribution in [0.4, 0.5) is 5.69 Å². The third-order valence-corrected chi connectivity index (χ3v) is 5.07. The Labute approximate surface area is 177 Å². The topological polar surface area (TPSA) is 122 Å². The second kappa shape index (κ2) is 8.02. The Morgan fingerprint density at radius 2 is 1.90 bits per heavy atom. The maximum Gasteiger partial charge on any atom is 0.266 e. The number of hydrogen-bond acceptors (Lipinski definition) is 6. The minimum absolute atomic E-state index is 0.0534. The lowest BCUT2D eigenvalue weighted by molar-refractivity contribution is -0.136. The Bertz CT molecular complexity index is 1130. The van der Waals surface area contributed by atoms with E-state index in [2.05, 4.69) is 10.6 Å². The van der Waals surface area contributed by atoms with Gasteiger partial charge in [0.2, 0.25) is 17.7 Å². The third-order valence-electron chi connectivity index (χ3n) is 5.07. The van der Waals surface area contributed by atoms with Gasteiger partial charge in [-0.25, -0.2) is 0 Å². The smallest absolute Gasteiger partial charge is 0.266 e. The van der Waals surface area contributed by atoms with Gasteiger partial charge in [-0.15, -0.1) is 0 Å². The van der Waals surface area contributed by atoms with Crippen molar-refractivity contribution in [2.45, 2.75) is 32.4 Å². The van der Waals surface area contributed by atoms with Crippen LogP contribution in [0.25, 0.3) is 0 Å². The number of piperidine rings is 1. The van der Waals surface area contributed by atoms with Crippen LogP contribution >= 0.6 is 0 Å². The van der Waals surface area contributed by atoms with Crippen LogP contribution in [0, 0.1) is 0 Å². The first-order valence-electron chi connectivity index (χ1n) is 9.69. The lowest BCUT2D eigenvalue weighted by atomic mass is 10.0. The van der Waals surface area contributed by atoms with Gasteiger partial charge < -0.3 is 10.1 Å². The summed E-state index contributed by atoms with van der Waals surface area (Å²) in [5, 5.41) is 4.85. The monoisotopic (exact) mass is 421 g/mol. The van der Waals surface area contributed by atoms with Gasteiger partial charge in [0.15, 0.2) is 0 Å². The summed E-state index contributed by atoms with van der Waals surface area (Å²) in [5.41, 5.74) is 1.61. The van der Waals surface area contributed by atoms with Gasteiger partial charge in [0.05, 0.1) is 11.1 Å². The van der Waals surface area contributed by atoms with Crippen LogP contribution in [-0.2, 0) is 21.0 Å². The summed E-state index contributed by atoms with van der Waals surface area (Å²) in [4.78, 5) is 61.6. The zero-order valence-corrected chi connectivity index (χ0v) is 16.6. The van der Waals surface area contributed by atoms with E-state index in [1.807, 2.05) is 0 Å². The largest absolute Gasteiger partial charge is 0.488 e. The number of carbonyl (C=O) groups is 5. The summed E-state index contributed by atoms with van der Waals surface area (Å²) >= 11 is 0. The minimum atomic E-state index is -1.03. The summed E-state index contributed by atoms with van der Waals surface area (Å²) in [6, 6.07) is 10.7. The van der Waals surface area contributed by atoms with Crippen LogP contribution < -0.4 is 15.4 Å². The molecule has 2 aromatic rings. The fraction of sp³-hybridized carbons (Fsp3) is 0.227. The minimum Gasteiger partial charge on any atom is -0.488 e. The molecule has 1 saturated heterocycles. The number of amides is 5. The quantitative estimate of drug-likeness (QED) is 0.708. The maximum atomic E-state index is 13.1. The van der Waals surface area contributed by atoms with E-state index in [9.17, 15) is 24.0 Å². The first kappa shape index (κ1) is 20.3. The van der Waals surface area contributed by atoms with Crippen LogP contribution in [0.2, 0.25) is 0 Å². The van der Waals surface area contributed by atoms with Gasteiger partial charge in [-0.05, 0) is 36.2 Å². The summed E-state index contributed by atoms with van der Waals surface area (Å²) in [5.74, 6) is -2.29. The molecule has 1 atom stereocenters. The van der Waals surface area contributed by atoms with Crippen LogP contribution in [0.3, 0.4) is 0 Å². The normalized spacial score (nSPS) is 18.0. The molecule has 5 amide bonds. The van der Waals surface area contributed by atoms with Crippen molar-refractivity contribution in [2.24, 2.45) is 0 Å². The van der Waals surface area contributed by atoms with E-state index in [0.717, 1.165) is 10.5 Å². The van der Waals surface area contributed by atoms with E-state index < -0.39 is 29.7 Å². The molecule has 2 heterocycles. The predicted molar refractivity (Wildman–Crippen MR) is 108 cm³/mol. The first-order valence-corrected chi connectivity index (χ1v) is 9.69. The molecule has 2 aliphatic rings. The van der Waals surface area contributed by atoms with Crippen molar-refractivity contribution in [1.29, 1.82) is 0 Å². The van der Waals surface area contributed by atoms with Gasteiger partial charge >= 0.3 is 0 Å². The third kappa shape index (κ3) is 3.89. The molecule has 4 rings (SSSR count). The predicted octanol–water partition coefficient (Wildman–Crippen LogP) is 1.63. The van der Waals surface area contributed by atoms with Crippen LogP contribution in [-0.4, -0.2) is 40.5 Å². The molecule has 0 aromatic heterocycles. The molecule has 0 saturated carbocycles. The van der Waals surface area contributed by atoms with E-state index in [-0.39, 0.29) is 42.2 Å². The van der Waals surface area contributed by atoms with E-state index in [4.69, 9.17) is 4.74 Å². The Morgan fingerprint density at radius 3 is 2.65 bits per heavy atom. The molecule has 0 spiro atoms. The molecule has 1 fully saturated rings. The summed E-state index contributed by atoms with van der Waals surface area (Å²) in [6.07, 6.45) is 0.139. The first-order chi connectivity index (χ1) is 14.8. The second-order valence-corrected chi connectivity index (χ2v) is 7.30. The number of imide groups is 2. The van der Waals surface area contributed by atoms with Crippen molar-refractivity contribution in [3.05, 3.63) is 59.2 Å². The number of ether oxygens (including phenoxy) is 1. The van der Waals surface area contributed by atoms with Gasteiger partial charge in [0.25, 0.3) is 11.8 Å². The van der Waals surface area contributed by atoms with Gasteiger partial charge in [0.1, 0.15) is 18.4 Å². The van der Waals surface area contributed by atoms with E-state index in [1.54, 1.807) is 36.4 Å². The van der Waals surface area contributed by atoms with Crippen LogP contribution in [0.5, 0.6) is 5.75 Å². The number of nitrogens with one attached hydrogen (secondary N) is 2. The number of carbonyl (C=O) groups excluding carboxylic acids is 5. The Kier molecular flexibility index (Phi) is 5.24. The number of benzene rings is 2. The molecule has 0 bridgehead atoms. The maximum absolute atomic E-state index is 13.1. The standard InChI is InChI=1S/C22H19N3O6/c1-12(26)23-14-5-2-4-13(10-14)11-31-17-7-3-6-15-19(17)22(30)25(21(15)29)16-8-9-18(27)24-20(16)28/h2-7,10,16H,8-9,11H2,1H3,(H,23,26)(H,24,27,28). The Balaban J connectivity index is 1.56. The Morgan fingerprint density at radius 1 is 1.13 bits per heavy atom. The number of rotatable bonds is 5. The van der Waals surface area contributed by atoms with Gasteiger partial charge in [0, 0.05) is 19.0 Å². The van der Waals surface area contributed by atoms with Crippen LogP contribution in [0.1, 0.15) is 46.0 Å². The highest BCUT2D eigenvalue weighted by molar-refractivity contribution is 6.24. The molecule has 31 heavy (non-hydrogen) atoms. The number of hydrogen-bond donors (Lipinski definition) is 2. The zero-order chi connectivity index (χ0) is 22.1. The molecule has 0 radical (unpaired) electrons. The highest BCUT2D eigenvalue weighted by Crippen LogP contribution is 2.34. The molecule has 9 nitrogen and oxygen atoms in total. The molecule has 2 N–H and O–H groups in total. The van der Waals surface area contributed by atoms with Gasteiger partial charge in [-0.1, -0.05) is 18.2 Å². The molecule has 0 aliphatic carbocycles. The highest BCUT2D eigenvalue weighted by Gasteiger charge is 2.45. The fourth-order valence-corrected chi connectivity index (χ4v) is 3.71. The lowest BCUT2D eigenvalue weighted by Gasteiger charge is -2.27. The summed E-state index contributed by atoms with van der Waals surface area (Å²) < 4.78 is 5.83. The van der Waals surface area contributed by atoms with Crippen molar-refractivity contribution in [3.8, 4) is 5.75 Å². The van der Waals surface area contributed by atoms with E-state index >= 15 is 0 Å². The van der Waals surface area contributed by atoms with E-state index in [1.165, 1.54) is 13.0 Å². The molecule has 158 valence electrons. The van der Waals surface area contributed by atoms with Crippen molar-refractivity contribution in [1.82, 2.24) is 10.2 Å². The average Bonchev–Trinajstić information content (AvgIpc) is 2.97. The number of fused-ring (bicyclic) bond motifs is 1. The second-order valence-electron chi connectivity index (χ2n) is 7.30. The number of anilines is 1. The molecule has 9 heteroatoms. The van der Waals surface area contributed by atoms with Gasteiger partial charge in [-0.2, -0.15) is 0 Å². The van der Waals surface area contributed by atoms with E-state index in [0.29, 0.717) is 5.69 Å². The van der Waals surface area contributed by atoms with Gasteiger partial charge in [-0.3, -0.25) is 34.2 Å².